The average molecular weight is 250 g/mol. The van der Waals surface area contributed by atoms with E-state index in [0.717, 1.165) is 0 Å². The third-order valence-electron chi connectivity index (χ3n) is 1.99. The number of amides is 1. The van der Waals surface area contributed by atoms with Gasteiger partial charge in [-0.05, 0) is 18.2 Å². The second kappa shape index (κ2) is 7.21. The van der Waals surface area contributed by atoms with Crippen LogP contribution in [0, 0.1) is 0 Å². The third-order valence-corrected chi connectivity index (χ3v) is 1.99. The van der Waals surface area contributed by atoms with E-state index in [0.29, 0.717) is 30.3 Å². The van der Waals surface area contributed by atoms with E-state index in [4.69, 9.17) is 9.47 Å². The summed E-state index contributed by atoms with van der Waals surface area (Å²) in [6.45, 7) is 2.17. The second-order valence-corrected chi connectivity index (χ2v) is 3.41. The molecular formula is C12H14N2O4. The Kier molecular flexibility index (Phi) is 5.57. The molecule has 0 spiro atoms. The molecule has 1 rings (SSSR count). The van der Waals surface area contributed by atoms with Crippen molar-refractivity contribution in [2.24, 2.45) is 4.99 Å². The smallest absolute Gasteiger partial charge is 0.240 e. The summed E-state index contributed by atoms with van der Waals surface area (Å²) in [5.41, 5.74) is 0.850. The number of ether oxygens (including phenoxy) is 2. The van der Waals surface area contributed by atoms with Gasteiger partial charge in [-0.3, -0.25) is 4.79 Å². The van der Waals surface area contributed by atoms with Crippen LogP contribution >= 0.6 is 0 Å². The molecule has 0 saturated heterocycles. The highest BCUT2D eigenvalue weighted by molar-refractivity contribution is 5.89. The molecule has 96 valence electrons. The van der Waals surface area contributed by atoms with Crippen molar-refractivity contribution >= 4 is 23.4 Å². The highest BCUT2D eigenvalue weighted by Crippen LogP contribution is 2.30. The number of carbonyl (C=O) groups is 1. The molecule has 1 aromatic carbocycles. The van der Waals surface area contributed by atoms with E-state index in [1.807, 2.05) is 0 Å². The molecule has 0 radical (unpaired) electrons. The molecule has 0 heterocycles. The molecule has 0 atom stereocenters. The summed E-state index contributed by atoms with van der Waals surface area (Å²) < 4.78 is 10.2. The van der Waals surface area contributed by atoms with Gasteiger partial charge in [0.15, 0.2) is 0 Å². The minimum atomic E-state index is -0.205. The number of isocyanates is 1. The number of hydrogen-bond acceptors (Lipinski definition) is 5. The zero-order chi connectivity index (χ0) is 13.4. The Balaban J connectivity index is 2.89. The van der Waals surface area contributed by atoms with Gasteiger partial charge in [-0.2, -0.15) is 4.99 Å². The standard InChI is InChI=1S/C12H14N2O4/c1-9(16)14-10-3-4-12(18-6-5-17-2)11(7-10)13-8-15/h3-4,7H,5-6H2,1-2H3,(H,14,16). The summed E-state index contributed by atoms with van der Waals surface area (Å²) in [5.74, 6) is 0.230. The first kappa shape index (κ1) is 13.9. The number of anilines is 1. The van der Waals surface area contributed by atoms with Gasteiger partial charge in [0.1, 0.15) is 18.0 Å². The first-order chi connectivity index (χ1) is 8.67. The van der Waals surface area contributed by atoms with Gasteiger partial charge in [0, 0.05) is 19.7 Å². The fourth-order valence-electron chi connectivity index (χ4n) is 1.29. The fourth-order valence-corrected chi connectivity index (χ4v) is 1.29. The predicted molar refractivity (Wildman–Crippen MR) is 65.9 cm³/mol. The molecule has 0 aliphatic rings. The third kappa shape index (κ3) is 4.37. The first-order valence-corrected chi connectivity index (χ1v) is 5.28. The summed E-state index contributed by atoms with van der Waals surface area (Å²) in [6.07, 6.45) is 1.45. The highest BCUT2D eigenvalue weighted by Gasteiger charge is 2.05. The molecule has 6 nitrogen and oxygen atoms in total. The summed E-state index contributed by atoms with van der Waals surface area (Å²) in [7, 11) is 1.56. The SMILES string of the molecule is COCCOc1ccc(NC(C)=O)cc1N=C=O. The largest absolute Gasteiger partial charge is 0.489 e. The molecule has 1 aromatic rings. The normalized spacial score (nSPS) is 9.44. The summed E-state index contributed by atoms with van der Waals surface area (Å²) >= 11 is 0. The van der Waals surface area contributed by atoms with Gasteiger partial charge in [0.25, 0.3) is 0 Å². The van der Waals surface area contributed by atoms with Crippen LogP contribution in [0.15, 0.2) is 23.2 Å². The van der Waals surface area contributed by atoms with Crippen LogP contribution in [0.4, 0.5) is 11.4 Å². The number of benzene rings is 1. The molecule has 18 heavy (non-hydrogen) atoms. The van der Waals surface area contributed by atoms with Crippen molar-refractivity contribution in [1.29, 1.82) is 0 Å². The van der Waals surface area contributed by atoms with Gasteiger partial charge in [0.2, 0.25) is 12.0 Å². The van der Waals surface area contributed by atoms with Crippen LogP contribution in [0.1, 0.15) is 6.92 Å². The number of nitrogens with one attached hydrogen (secondary N) is 1. The van der Waals surface area contributed by atoms with Gasteiger partial charge >= 0.3 is 0 Å². The molecule has 0 bridgehead atoms. The van der Waals surface area contributed by atoms with Crippen LogP contribution in [0.3, 0.4) is 0 Å². The Morgan fingerprint density at radius 2 is 2.22 bits per heavy atom. The molecule has 0 unspecified atom stereocenters. The quantitative estimate of drug-likeness (QED) is 0.473. The van der Waals surface area contributed by atoms with Crippen LogP contribution in [0.2, 0.25) is 0 Å². The van der Waals surface area contributed by atoms with Crippen molar-refractivity contribution in [2.45, 2.75) is 6.92 Å². The molecule has 0 aromatic heterocycles. The van der Waals surface area contributed by atoms with Crippen molar-refractivity contribution in [2.75, 3.05) is 25.6 Å². The molecule has 1 amide bonds. The van der Waals surface area contributed by atoms with E-state index >= 15 is 0 Å². The topological polar surface area (TPSA) is 77.0 Å². The number of methoxy groups -OCH3 is 1. The molecular weight excluding hydrogens is 236 g/mol. The highest BCUT2D eigenvalue weighted by atomic mass is 16.5. The predicted octanol–water partition coefficient (Wildman–Crippen LogP) is 1.64. The Bertz CT molecular complexity index is 467. The zero-order valence-corrected chi connectivity index (χ0v) is 10.2. The number of rotatable bonds is 6. The van der Waals surface area contributed by atoms with Gasteiger partial charge in [-0.1, -0.05) is 0 Å². The molecule has 1 N–H and O–H groups in total. The fraction of sp³-hybridized carbons (Fsp3) is 0.333. The van der Waals surface area contributed by atoms with Gasteiger partial charge in [-0.15, -0.1) is 0 Å². The molecule has 0 aliphatic carbocycles. The van der Waals surface area contributed by atoms with Crippen molar-refractivity contribution in [3.05, 3.63) is 18.2 Å². The Morgan fingerprint density at radius 3 is 2.83 bits per heavy atom. The number of aliphatic imine (C=N–C) groups is 1. The van der Waals surface area contributed by atoms with Gasteiger partial charge in [-0.25, -0.2) is 4.79 Å². The molecule has 0 aliphatic heterocycles. The Hall–Kier alpha value is -2.17. The molecule has 6 heteroatoms. The number of carbonyl (C=O) groups excluding carboxylic acids is 2. The maximum absolute atomic E-state index is 10.9. The van der Waals surface area contributed by atoms with Crippen molar-refractivity contribution < 1.29 is 19.1 Å². The number of nitrogens with zero attached hydrogens (tertiary/aromatic N) is 1. The van der Waals surface area contributed by atoms with E-state index in [9.17, 15) is 9.59 Å². The lowest BCUT2D eigenvalue weighted by Crippen LogP contribution is -2.06. The Morgan fingerprint density at radius 1 is 1.44 bits per heavy atom. The summed E-state index contributed by atoms with van der Waals surface area (Å²) in [5, 5.41) is 2.59. The summed E-state index contributed by atoms with van der Waals surface area (Å²) in [6, 6.07) is 4.82. The maximum atomic E-state index is 10.9. The van der Waals surface area contributed by atoms with Crippen molar-refractivity contribution in [1.82, 2.24) is 0 Å². The lowest BCUT2D eigenvalue weighted by Gasteiger charge is -2.09. The van der Waals surface area contributed by atoms with Crippen molar-refractivity contribution in [3.63, 3.8) is 0 Å². The minimum Gasteiger partial charge on any atom is -0.489 e. The lowest BCUT2D eigenvalue weighted by molar-refractivity contribution is -0.114. The van der Waals surface area contributed by atoms with Crippen LogP contribution in [-0.2, 0) is 14.3 Å². The van der Waals surface area contributed by atoms with E-state index in [1.165, 1.54) is 19.1 Å². The van der Waals surface area contributed by atoms with E-state index in [1.54, 1.807) is 19.2 Å². The first-order valence-electron chi connectivity index (χ1n) is 5.28. The lowest BCUT2D eigenvalue weighted by atomic mass is 10.2. The van der Waals surface area contributed by atoms with Crippen LogP contribution in [-0.4, -0.2) is 32.3 Å². The Labute approximate surface area is 105 Å². The van der Waals surface area contributed by atoms with E-state index in [2.05, 4.69) is 10.3 Å². The number of hydrogen-bond donors (Lipinski definition) is 1. The van der Waals surface area contributed by atoms with Crippen LogP contribution < -0.4 is 10.1 Å². The maximum Gasteiger partial charge on any atom is 0.240 e. The van der Waals surface area contributed by atoms with E-state index in [-0.39, 0.29) is 5.91 Å². The second-order valence-electron chi connectivity index (χ2n) is 3.41. The van der Waals surface area contributed by atoms with Gasteiger partial charge in [0.05, 0.1) is 6.61 Å². The molecule has 0 saturated carbocycles. The van der Waals surface area contributed by atoms with Gasteiger partial charge < -0.3 is 14.8 Å². The summed E-state index contributed by atoms with van der Waals surface area (Å²) in [4.78, 5) is 24.8. The van der Waals surface area contributed by atoms with Crippen molar-refractivity contribution in [3.8, 4) is 5.75 Å². The van der Waals surface area contributed by atoms with E-state index < -0.39 is 0 Å². The monoisotopic (exact) mass is 250 g/mol. The zero-order valence-electron chi connectivity index (χ0n) is 10.2. The van der Waals surface area contributed by atoms with Crippen LogP contribution in [0.25, 0.3) is 0 Å². The minimum absolute atomic E-state index is 0.205. The average Bonchev–Trinajstić information content (AvgIpc) is 2.32. The molecule has 0 fully saturated rings. The van der Waals surface area contributed by atoms with Crippen LogP contribution in [0.5, 0.6) is 5.75 Å².